The predicted octanol–water partition coefficient (Wildman–Crippen LogP) is 1.31. The summed E-state index contributed by atoms with van der Waals surface area (Å²) in [7, 11) is 1.62. The number of aromatic nitrogens is 2. The maximum absolute atomic E-state index is 12.2. The van der Waals surface area contributed by atoms with Crippen LogP contribution in [0.5, 0.6) is 11.5 Å². The van der Waals surface area contributed by atoms with E-state index >= 15 is 0 Å². The number of H-pyrrole nitrogens is 1. The second-order valence-corrected chi connectivity index (χ2v) is 6.53. The molecule has 0 bridgehead atoms. The number of carbonyl (C=O) groups excluding carboxylic acids is 1. The zero-order chi connectivity index (χ0) is 18.7. The fraction of sp³-hybridized carbons (Fsp3) is 0.421. The lowest BCUT2D eigenvalue weighted by Crippen LogP contribution is -2.36. The highest BCUT2D eigenvalue weighted by Gasteiger charge is 2.23. The highest BCUT2D eigenvalue weighted by molar-refractivity contribution is 5.78. The molecule has 2 N–H and O–H groups in total. The fourth-order valence-corrected chi connectivity index (χ4v) is 3.19. The largest absolute Gasteiger partial charge is 0.493 e. The Hall–Kier alpha value is -2.83. The number of nitrogens with zero attached hydrogens (tertiary/aromatic N) is 1. The molecule has 0 spiro atoms. The molecule has 0 fully saturated rings. The van der Waals surface area contributed by atoms with Gasteiger partial charge in [-0.05, 0) is 31.9 Å². The molecule has 1 aromatic carbocycles. The Morgan fingerprint density at radius 2 is 2.23 bits per heavy atom. The smallest absolute Gasteiger partial charge is 0.254 e. The number of rotatable bonds is 5. The Labute approximate surface area is 151 Å². The maximum atomic E-state index is 12.2. The summed E-state index contributed by atoms with van der Waals surface area (Å²) in [6.45, 7) is 4.46. The van der Waals surface area contributed by atoms with E-state index in [1.807, 2.05) is 18.2 Å². The third-order valence-corrected chi connectivity index (χ3v) is 4.52. The molecule has 0 aliphatic carbocycles. The van der Waals surface area contributed by atoms with E-state index in [-0.39, 0.29) is 23.8 Å². The number of benzene rings is 1. The second-order valence-electron chi connectivity index (χ2n) is 6.53. The van der Waals surface area contributed by atoms with Crippen LogP contribution in [0, 0.1) is 19.8 Å². The molecule has 0 saturated carbocycles. The number of hydrogen-bond acceptors (Lipinski definition) is 5. The van der Waals surface area contributed by atoms with Crippen molar-refractivity contribution < 1.29 is 14.3 Å². The number of methoxy groups -OCH3 is 1. The first-order valence-electron chi connectivity index (χ1n) is 8.59. The zero-order valence-corrected chi connectivity index (χ0v) is 15.2. The molecule has 7 nitrogen and oxygen atoms in total. The summed E-state index contributed by atoms with van der Waals surface area (Å²) in [6, 6.07) is 5.81. The first-order valence-corrected chi connectivity index (χ1v) is 8.59. The predicted molar refractivity (Wildman–Crippen MR) is 96.7 cm³/mol. The number of hydrogen-bond donors (Lipinski definition) is 2. The lowest BCUT2D eigenvalue weighted by molar-refractivity contribution is -0.120. The summed E-state index contributed by atoms with van der Waals surface area (Å²) in [4.78, 5) is 31.1. The first kappa shape index (κ1) is 18.0. The van der Waals surface area contributed by atoms with Crippen molar-refractivity contribution >= 4 is 5.91 Å². The van der Waals surface area contributed by atoms with Crippen molar-refractivity contribution in [3.05, 3.63) is 51.2 Å². The molecule has 26 heavy (non-hydrogen) atoms. The van der Waals surface area contributed by atoms with E-state index in [2.05, 4.69) is 15.3 Å². The molecular formula is C19H23N3O4. The van der Waals surface area contributed by atoms with Gasteiger partial charge in [0.1, 0.15) is 5.82 Å². The fourth-order valence-electron chi connectivity index (χ4n) is 3.19. The molecule has 2 heterocycles. The van der Waals surface area contributed by atoms with E-state index in [1.165, 1.54) is 0 Å². The van der Waals surface area contributed by atoms with E-state index < -0.39 is 0 Å². The average Bonchev–Trinajstić information content (AvgIpc) is 2.62. The Bertz CT molecular complexity index is 876. The standard InChI is InChI=1S/C19H23N3O4/c1-11-15(19(24)22-12(2)21-11)8-17(23)20-9-13-7-14-5-4-6-16(25-3)18(14)26-10-13/h4-6,13H,7-10H2,1-3H3,(H,20,23)(H,21,22,24)/t13-/m1/s1. The number of nitrogens with one attached hydrogen (secondary N) is 2. The van der Waals surface area contributed by atoms with Crippen molar-refractivity contribution in [2.45, 2.75) is 26.7 Å². The number of para-hydroxylation sites is 1. The van der Waals surface area contributed by atoms with Crippen molar-refractivity contribution in [2.24, 2.45) is 5.92 Å². The van der Waals surface area contributed by atoms with Crippen LogP contribution in [-0.4, -0.2) is 36.1 Å². The summed E-state index contributed by atoms with van der Waals surface area (Å²) < 4.78 is 11.1. The summed E-state index contributed by atoms with van der Waals surface area (Å²) in [5.74, 6) is 2.04. The lowest BCUT2D eigenvalue weighted by Gasteiger charge is -2.26. The van der Waals surface area contributed by atoms with Crippen molar-refractivity contribution in [3.8, 4) is 11.5 Å². The van der Waals surface area contributed by atoms with Gasteiger partial charge >= 0.3 is 0 Å². The molecule has 1 aliphatic rings. The Morgan fingerprint density at radius 3 is 2.96 bits per heavy atom. The molecule has 1 aromatic heterocycles. The van der Waals surface area contributed by atoms with Gasteiger partial charge in [0.15, 0.2) is 11.5 Å². The minimum Gasteiger partial charge on any atom is -0.493 e. The average molecular weight is 357 g/mol. The Kier molecular flexibility index (Phi) is 5.25. The van der Waals surface area contributed by atoms with Crippen LogP contribution in [-0.2, 0) is 17.6 Å². The van der Waals surface area contributed by atoms with E-state index in [9.17, 15) is 9.59 Å². The van der Waals surface area contributed by atoms with Gasteiger partial charge in [0.05, 0.1) is 20.1 Å². The van der Waals surface area contributed by atoms with Crippen molar-refractivity contribution in [3.63, 3.8) is 0 Å². The maximum Gasteiger partial charge on any atom is 0.254 e. The van der Waals surface area contributed by atoms with Gasteiger partial charge in [-0.15, -0.1) is 0 Å². The molecule has 2 aromatic rings. The summed E-state index contributed by atoms with van der Waals surface area (Å²) in [6.07, 6.45) is 0.824. The first-order chi connectivity index (χ1) is 12.5. The SMILES string of the molecule is COc1cccc2c1OC[C@@H](CNC(=O)Cc1c(C)nc(C)[nH]c1=O)C2. The topological polar surface area (TPSA) is 93.3 Å². The van der Waals surface area contributed by atoms with Crippen LogP contribution >= 0.6 is 0 Å². The van der Waals surface area contributed by atoms with Gasteiger partial charge in [0.25, 0.3) is 5.56 Å². The van der Waals surface area contributed by atoms with Gasteiger partial charge in [0, 0.05) is 23.7 Å². The van der Waals surface area contributed by atoms with Crippen molar-refractivity contribution in [1.82, 2.24) is 15.3 Å². The molecule has 0 saturated heterocycles. The van der Waals surface area contributed by atoms with Crippen molar-refractivity contribution in [2.75, 3.05) is 20.3 Å². The molecule has 138 valence electrons. The quantitative estimate of drug-likeness (QED) is 0.841. The van der Waals surface area contributed by atoms with Gasteiger partial charge in [0.2, 0.25) is 5.91 Å². The number of carbonyl (C=O) groups is 1. The summed E-state index contributed by atoms with van der Waals surface area (Å²) in [5.41, 5.74) is 1.81. The number of aryl methyl sites for hydroxylation is 2. The zero-order valence-electron chi connectivity index (χ0n) is 15.2. The highest BCUT2D eigenvalue weighted by atomic mass is 16.5. The van der Waals surface area contributed by atoms with Gasteiger partial charge in [-0.25, -0.2) is 4.98 Å². The highest BCUT2D eigenvalue weighted by Crippen LogP contribution is 2.35. The molecule has 1 aliphatic heterocycles. The summed E-state index contributed by atoms with van der Waals surface area (Å²) in [5, 5.41) is 2.90. The van der Waals surface area contributed by atoms with E-state index in [0.29, 0.717) is 30.2 Å². The lowest BCUT2D eigenvalue weighted by atomic mass is 9.96. The van der Waals surface area contributed by atoms with Crippen LogP contribution in [0.2, 0.25) is 0 Å². The number of aromatic amines is 1. The second kappa shape index (κ2) is 7.59. The van der Waals surface area contributed by atoms with E-state index in [0.717, 1.165) is 23.5 Å². The Balaban J connectivity index is 1.58. The van der Waals surface area contributed by atoms with Gasteiger partial charge < -0.3 is 19.8 Å². The van der Waals surface area contributed by atoms with E-state index in [1.54, 1.807) is 21.0 Å². The van der Waals surface area contributed by atoms with Crippen LogP contribution in [0.3, 0.4) is 0 Å². The van der Waals surface area contributed by atoms with Crippen LogP contribution < -0.4 is 20.3 Å². The van der Waals surface area contributed by atoms with Gasteiger partial charge in [-0.3, -0.25) is 9.59 Å². The summed E-state index contributed by atoms with van der Waals surface area (Å²) >= 11 is 0. The third-order valence-electron chi connectivity index (χ3n) is 4.52. The number of amides is 1. The third kappa shape index (κ3) is 3.87. The van der Waals surface area contributed by atoms with Crippen LogP contribution in [0.1, 0.15) is 22.6 Å². The minimum absolute atomic E-state index is 0.0203. The molecule has 1 atom stereocenters. The van der Waals surface area contributed by atoms with Crippen LogP contribution in [0.4, 0.5) is 0 Å². The van der Waals surface area contributed by atoms with E-state index in [4.69, 9.17) is 9.47 Å². The molecule has 7 heteroatoms. The molecular weight excluding hydrogens is 334 g/mol. The number of fused-ring (bicyclic) bond motifs is 1. The number of ether oxygens (including phenoxy) is 2. The monoisotopic (exact) mass is 357 g/mol. The normalized spacial score (nSPS) is 15.7. The van der Waals surface area contributed by atoms with Crippen molar-refractivity contribution in [1.29, 1.82) is 0 Å². The van der Waals surface area contributed by atoms with Gasteiger partial charge in [-0.2, -0.15) is 0 Å². The van der Waals surface area contributed by atoms with Crippen LogP contribution in [0.15, 0.2) is 23.0 Å². The minimum atomic E-state index is -0.257. The Morgan fingerprint density at radius 1 is 1.42 bits per heavy atom. The van der Waals surface area contributed by atoms with Crippen LogP contribution in [0.25, 0.3) is 0 Å². The van der Waals surface area contributed by atoms with Gasteiger partial charge in [-0.1, -0.05) is 12.1 Å². The molecule has 1 amide bonds. The molecule has 0 unspecified atom stereocenters. The molecule has 3 rings (SSSR count). The molecule has 0 radical (unpaired) electrons.